The van der Waals surface area contributed by atoms with Crippen LogP contribution in [0, 0.1) is 5.82 Å². The SMILES string of the molecule is O=C(Nc1ccc(F)cc1)OCC(Cl)(Cl)Cl. The number of nitrogens with one attached hydrogen (secondary N) is 1. The summed E-state index contributed by atoms with van der Waals surface area (Å²) in [7, 11) is 0. The minimum absolute atomic E-state index is 0.370. The summed E-state index contributed by atoms with van der Waals surface area (Å²) in [6.45, 7) is -0.370. The van der Waals surface area contributed by atoms with Gasteiger partial charge in [-0.3, -0.25) is 5.32 Å². The van der Waals surface area contributed by atoms with Gasteiger partial charge in [-0.05, 0) is 24.3 Å². The standard InChI is InChI=1S/C9H7Cl3FNO2/c10-9(11,12)5-16-8(15)14-7-3-1-6(13)2-4-7/h1-4H,5H2,(H,14,15). The van der Waals surface area contributed by atoms with Gasteiger partial charge >= 0.3 is 6.09 Å². The third kappa shape index (κ3) is 5.39. The van der Waals surface area contributed by atoms with Crippen molar-refractivity contribution in [3.63, 3.8) is 0 Å². The van der Waals surface area contributed by atoms with Crippen molar-refractivity contribution in [1.29, 1.82) is 0 Å². The lowest BCUT2D eigenvalue weighted by Gasteiger charge is -2.11. The number of carbonyl (C=O) groups excluding carboxylic acids is 1. The molecule has 3 nitrogen and oxygen atoms in total. The van der Waals surface area contributed by atoms with Gasteiger partial charge in [0.25, 0.3) is 0 Å². The summed E-state index contributed by atoms with van der Waals surface area (Å²) in [6, 6.07) is 5.16. The van der Waals surface area contributed by atoms with Gasteiger partial charge in [0.2, 0.25) is 3.79 Å². The Morgan fingerprint density at radius 3 is 2.38 bits per heavy atom. The lowest BCUT2D eigenvalue weighted by Crippen LogP contribution is -2.21. The molecule has 0 aliphatic rings. The van der Waals surface area contributed by atoms with Crippen molar-refractivity contribution in [2.45, 2.75) is 3.79 Å². The van der Waals surface area contributed by atoms with Gasteiger partial charge in [-0.15, -0.1) is 0 Å². The molecule has 0 aliphatic heterocycles. The Labute approximate surface area is 106 Å². The van der Waals surface area contributed by atoms with Gasteiger partial charge < -0.3 is 4.74 Å². The van der Waals surface area contributed by atoms with Crippen LogP contribution in [0.1, 0.15) is 0 Å². The van der Waals surface area contributed by atoms with Gasteiger partial charge in [-0.1, -0.05) is 34.8 Å². The second-order valence-electron chi connectivity index (χ2n) is 2.82. The second kappa shape index (κ2) is 5.57. The van der Waals surface area contributed by atoms with Crippen molar-refractivity contribution in [3.05, 3.63) is 30.1 Å². The van der Waals surface area contributed by atoms with Crippen LogP contribution >= 0.6 is 34.8 Å². The molecule has 0 atom stereocenters. The maximum absolute atomic E-state index is 12.5. The molecule has 0 saturated heterocycles. The van der Waals surface area contributed by atoms with Crippen LogP contribution in [-0.4, -0.2) is 16.5 Å². The molecule has 0 unspecified atom stereocenters. The largest absolute Gasteiger partial charge is 0.445 e. The van der Waals surface area contributed by atoms with Crippen molar-refractivity contribution < 1.29 is 13.9 Å². The average molecular weight is 287 g/mol. The van der Waals surface area contributed by atoms with E-state index in [9.17, 15) is 9.18 Å². The molecule has 0 spiro atoms. The molecular formula is C9H7Cl3FNO2. The van der Waals surface area contributed by atoms with E-state index in [-0.39, 0.29) is 6.61 Å². The fraction of sp³-hybridized carbons (Fsp3) is 0.222. The molecule has 0 radical (unpaired) electrons. The molecule has 0 bridgehead atoms. The van der Waals surface area contributed by atoms with Crippen molar-refractivity contribution >= 4 is 46.6 Å². The van der Waals surface area contributed by atoms with Crippen molar-refractivity contribution in [2.75, 3.05) is 11.9 Å². The molecule has 16 heavy (non-hydrogen) atoms. The molecule has 1 N–H and O–H groups in total. The van der Waals surface area contributed by atoms with E-state index in [4.69, 9.17) is 34.8 Å². The van der Waals surface area contributed by atoms with E-state index >= 15 is 0 Å². The molecule has 0 saturated carbocycles. The van der Waals surface area contributed by atoms with Crippen LogP contribution in [0.15, 0.2) is 24.3 Å². The molecule has 1 aromatic carbocycles. The Balaban J connectivity index is 2.43. The van der Waals surface area contributed by atoms with E-state index in [1.807, 2.05) is 0 Å². The molecular weight excluding hydrogens is 279 g/mol. The van der Waals surface area contributed by atoms with Crippen molar-refractivity contribution in [1.82, 2.24) is 0 Å². The zero-order valence-corrected chi connectivity index (χ0v) is 10.1. The lowest BCUT2D eigenvalue weighted by molar-refractivity contribution is 0.164. The van der Waals surface area contributed by atoms with E-state index in [2.05, 4.69) is 10.1 Å². The first-order valence-corrected chi connectivity index (χ1v) is 5.26. The molecule has 0 heterocycles. The number of ether oxygens (including phenoxy) is 1. The summed E-state index contributed by atoms with van der Waals surface area (Å²) in [6.07, 6.45) is -0.780. The minimum Gasteiger partial charge on any atom is -0.445 e. The highest BCUT2D eigenvalue weighted by molar-refractivity contribution is 6.67. The monoisotopic (exact) mass is 285 g/mol. The van der Waals surface area contributed by atoms with E-state index < -0.39 is 15.7 Å². The van der Waals surface area contributed by atoms with Gasteiger partial charge in [-0.25, -0.2) is 9.18 Å². The fourth-order valence-corrected chi connectivity index (χ4v) is 0.998. The number of rotatable bonds is 2. The predicted molar refractivity (Wildman–Crippen MR) is 61.7 cm³/mol. The number of benzene rings is 1. The third-order valence-electron chi connectivity index (χ3n) is 1.46. The lowest BCUT2D eigenvalue weighted by atomic mass is 10.3. The van der Waals surface area contributed by atoms with Crippen LogP contribution in [0.25, 0.3) is 0 Å². The van der Waals surface area contributed by atoms with Gasteiger partial charge in [0, 0.05) is 5.69 Å². The van der Waals surface area contributed by atoms with E-state index in [1.165, 1.54) is 24.3 Å². The number of halogens is 4. The van der Waals surface area contributed by atoms with Crippen LogP contribution in [0.2, 0.25) is 0 Å². The average Bonchev–Trinajstić information content (AvgIpc) is 2.18. The number of amides is 1. The maximum atomic E-state index is 12.5. The maximum Gasteiger partial charge on any atom is 0.411 e. The highest BCUT2D eigenvalue weighted by atomic mass is 35.6. The Kier molecular flexibility index (Phi) is 4.65. The number of hydrogen-bond donors (Lipinski definition) is 1. The predicted octanol–water partition coefficient (Wildman–Crippen LogP) is 3.74. The fourth-order valence-electron chi connectivity index (χ4n) is 0.835. The topological polar surface area (TPSA) is 38.3 Å². The third-order valence-corrected chi connectivity index (χ3v) is 1.78. The van der Waals surface area contributed by atoms with Gasteiger partial charge in [0.05, 0.1) is 0 Å². The molecule has 0 aliphatic carbocycles. The number of hydrogen-bond acceptors (Lipinski definition) is 2. The van der Waals surface area contributed by atoms with Crippen LogP contribution < -0.4 is 5.32 Å². The Morgan fingerprint density at radius 2 is 1.88 bits per heavy atom. The van der Waals surface area contributed by atoms with E-state index in [0.29, 0.717) is 5.69 Å². The summed E-state index contributed by atoms with van der Waals surface area (Å²) in [5.74, 6) is -0.403. The first-order valence-electron chi connectivity index (χ1n) is 4.13. The molecule has 0 aromatic heterocycles. The van der Waals surface area contributed by atoms with E-state index in [1.54, 1.807) is 0 Å². The quantitative estimate of drug-likeness (QED) is 0.841. The zero-order valence-electron chi connectivity index (χ0n) is 7.84. The molecule has 88 valence electrons. The first-order chi connectivity index (χ1) is 7.37. The zero-order chi connectivity index (χ0) is 12.2. The molecule has 1 amide bonds. The normalized spacial score (nSPS) is 11.0. The highest BCUT2D eigenvalue weighted by Crippen LogP contribution is 2.26. The van der Waals surface area contributed by atoms with E-state index in [0.717, 1.165) is 0 Å². The van der Waals surface area contributed by atoms with Crippen LogP contribution in [-0.2, 0) is 4.74 Å². The first kappa shape index (κ1) is 13.4. The second-order valence-corrected chi connectivity index (χ2v) is 5.34. The van der Waals surface area contributed by atoms with Crippen molar-refractivity contribution in [2.24, 2.45) is 0 Å². The Bertz CT molecular complexity index is 364. The number of anilines is 1. The van der Waals surface area contributed by atoms with Gasteiger partial charge in [-0.2, -0.15) is 0 Å². The van der Waals surface area contributed by atoms with Crippen LogP contribution in [0.4, 0.5) is 14.9 Å². The van der Waals surface area contributed by atoms with Crippen LogP contribution in [0.3, 0.4) is 0 Å². The molecule has 0 fully saturated rings. The molecule has 7 heteroatoms. The number of carbonyl (C=O) groups is 1. The Morgan fingerprint density at radius 1 is 1.31 bits per heavy atom. The molecule has 1 rings (SSSR count). The summed E-state index contributed by atoms with van der Waals surface area (Å²) in [4.78, 5) is 11.1. The summed E-state index contributed by atoms with van der Waals surface area (Å²) in [5.41, 5.74) is 0.385. The Hall–Kier alpha value is -0.710. The van der Waals surface area contributed by atoms with Gasteiger partial charge in [0.15, 0.2) is 0 Å². The highest BCUT2D eigenvalue weighted by Gasteiger charge is 2.22. The smallest absolute Gasteiger partial charge is 0.411 e. The van der Waals surface area contributed by atoms with Crippen LogP contribution in [0.5, 0.6) is 0 Å². The number of alkyl halides is 3. The summed E-state index contributed by atoms with van der Waals surface area (Å²) >= 11 is 16.1. The van der Waals surface area contributed by atoms with Crippen molar-refractivity contribution in [3.8, 4) is 0 Å². The summed E-state index contributed by atoms with van der Waals surface area (Å²) in [5, 5.41) is 2.34. The summed E-state index contributed by atoms with van der Waals surface area (Å²) < 4.78 is 15.5. The molecule has 1 aromatic rings. The van der Waals surface area contributed by atoms with Gasteiger partial charge in [0.1, 0.15) is 12.4 Å². The minimum atomic E-state index is -1.65.